The van der Waals surface area contributed by atoms with Crippen LogP contribution in [0, 0.1) is 19.7 Å². The first-order chi connectivity index (χ1) is 9.88. The molecule has 1 aliphatic carbocycles. The number of hydrogen-bond donors (Lipinski definition) is 1. The lowest BCUT2D eigenvalue weighted by molar-refractivity contribution is -0.0220. The Balaban J connectivity index is 2.46. The van der Waals surface area contributed by atoms with Gasteiger partial charge in [0.1, 0.15) is 11.9 Å². The van der Waals surface area contributed by atoms with E-state index in [2.05, 4.69) is 4.90 Å². The molecule has 0 aliphatic heterocycles. The first-order valence-electron chi connectivity index (χ1n) is 8.00. The van der Waals surface area contributed by atoms with Crippen molar-refractivity contribution in [1.82, 2.24) is 4.90 Å². The molecule has 0 bridgehead atoms. The highest BCUT2D eigenvalue weighted by molar-refractivity contribution is 5.35. The van der Waals surface area contributed by atoms with E-state index >= 15 is 0 Å². The summed E-state index contributed by atoms with van der Waals surface area (Å²) in [6, 6.07) is 3.49. The fraction of sp³-hybridized carbons (Fsp3) is 0.667. The van der Waals surface area contributed by atoms with Gasteiger partial charge in [-0.3, -0.25) is 0 Å². The Labute approximate surface area is 128 Å². The molecule has 1 unspecified atom stereocenters. The molecule has 0 amide bonds. The average molecular weight is 293 g/mol. The number of benzene rings is 1. The van der Waals surface area contributed by atoms with Crippen molar-refractivity contribution in [3.63, 3.8) is 0 Å². The van der Waals surface area contributed by atoms with Crippen LogP contribution in [0.2, 0.25) is 0 Å². The molecule has 1 N–H and O–H groups in total. The fourth-order valence-corrected chi connectivity index (χ4v) is 3.85. The maximum Gasteiger partial charge on any atom is 0.129 e. The predicted octanol–water partition coefficient (Wildman–Crippen LogP) is 4.13. The molecule has 118 valence electrons. The number of aliphatic hydroxyl groups is 1. The smallest absolute Gasteiger partial charge is 0.129 e. The van der Waals surface area contributed by atoms with Gasteiger partial charge in [0.2, 0.25) is 0 Å². The molecule has 3 heteroatoms. The molecule has 0 saturated heterocycles. The van der Waals surface area contributed by atoms with Crippen LogP contribution in [0.1, 0.15) is 61.3 Å². The molecule has 0 radical (unpaired) electrons. The van der Waals surface area contributed by atoms with E-state index in [1.165, 1.54) is 18.9 Å². The van der Waals surface area contributed by atoms with Crippen LogP contribution in [0.5, 0.6) is 0 Å². The molecule has 1 aromatic rings. The second-order valence-electron chi connectivity index (χ2n) is 6.79. The molecule has 21 heavy (non-hydrogen) atoms. The van der Waals surface area contributed by atoms with Crippen LogP contribution >= 0.6 is 0 Å². The lowest BCUT2D eigenvalue weighted by Crippen LogP contribution is -2.49. The van der Waals surface area contributed by atoms with Gasteiger partial charge in [0.05, 0.1) is 5.54 Å². The average Bonchev–Trinajstić information content (AvgIpc) is 2.63. The van der Waals surface area contributed by atoms with Crippen LogP contribution < -0.4 is 0 Å². The Kier molecular flexibility index (Phi) is 5.05. The summed E-state index contributed by atoms with van der Waals surface area (Å²) in [5.74, 6) is -0.273. The van der Waals surface area contributed by atoms with E-state index < -0.39 is 6.10 Å². The molecule has 0 heterocycles. The summed E-state index contributed by atoms with van der Waals surface area (Å²) in [5.41, 5.74) is 1.89. The molecule has 0 aromatic heterocycles. The van der Waals surface area contributed by atoms with Crippen LogP contribution in [-0.2, 0) is 0 Å². The summed E-state index contributed by atoms with van der Waals surface area (Å²) in [7, 11) is 4.02. The number of likely N-dealkylation sites (N-methyl/N-ethyl adjacent to an activating group) is 1. The van der Waals surface area contributed by atoms with Gasteiger partial charge in [0, 0.05) is 5.56 Å². The number of hydrogen-bond acceptors (Lipinski definition) is 2. The fourth-order valence-electron chi connectivity index (χ4n) is 3.85. The quantitative estimate of drug-likeness (QED) is 0.847. The van der Waals surface area contributed by atoms with E-state index in [-0.39, 0.29) is 11.4 Å². The van der Waals surface area contributed by atoms with E-state index in [0.29, 0.717) is 5.56 Å². The predicted molar refractivity (Wildman–Crippen MR) is 85.0 cm³/mol. The van der Waals surface area contributed by atoms with Crippen molar-refractivity contribution in [1.29, 1.82) is 0 Å². The molecule has 1 aromatic carbocycles. The minimum absolute atomic E-state index is 0.273. The van der Waals surface area contributed by atoms with Crippen LogP contribution in [0.15, 0.2) is 12.1 Å². The van der Waals surface area contributed by atoms with Gasteiger partial charge in [0.15, 0.2) is 0 Å². The SMILES string of the molecule is Cc1cc(C)c(C(O)C2(N(C)C)CCCCCC2)c(F)c1. The standard InChI is InChI=1S/C18H28FNO/c1-13-11-14(2)16(15(19)12-13)17(21)18(20(3)4)9-7-5-6-8-10-18/h11-12,17,21H,5-10H2,1-4H3. The van der Waals surface area contributed by atoms with Gasteiger partial charge < -0.3 is 10.0 Å². The van der Waals surface area contributed by atoms with Crippen molar-refractivity contribution < 1.29 is 9.50 Å². The molecule has 0 spiro atoms. The highest BCUT2D eigenvalue weighted by atomic mass is 19.1. The molecular weight excluding hydrogens is 265 g/mol. The summed E-state index contributed by atoms with van der Waals surface area (Å²) >= 11 is 0. The molecule has 1 aliphatic rings. The van der Waals surface area contributed by atoms with Gasteiger partial charge in [0.25, 0.3) is 0 Å². The van der Waals surface area contributed by atoms with Crippen molar-refractivity contribution in [3.8, 4) is 0 Å². The maximum atomic E-state index is 14.5. The highest BCUT2D eigenvalue weighted by Gasteiger charge is 2.42. The maximum absolute atomic E-state index is 14.5. The number of halogens is 1. The topological polar surface area (TPSA) is 23.5 Å². The van der Waals surface area contributed by atoms with Crippen LogP contribution in [0.3, 0.4) is 0 Å². The summed E-state index contributed by atoms with van der Waals surface area (Å²) in [5, 5.41) is 11.1. The Hall–Kier alpha value is -0.930. The monoisotopic (exact) mass is 293 g/mol. The minimum Gasteiger partial charge on any atom is -0.386 e. The van der Waals surface area contributed by atoms with Gasteiger partial charge in [-0.1, -0.05) is 31.7 Å². The van der Waals surface area contributed by atoms with E-state index in [0.717, 1.165) is 36.8 Å². The van der Waals surface area contributed by atoms with E-state index in [1.54, 1.807) is 0 Å². The van der Waals surface area contributed by atoms with Crippen LogP contribution in [-0.4, -0.2) is 29.6 Å². The molecule has 1 atom stereocenters. The molecule has 1 saturated carbocycles. The Morgan fingerprint density at radius 3 is 2.14 bits per heavy atom. The summed E-state index contributed by atoms with van der Waals surface area (Å²) in [6.45, 7) is 3.79. The summed E-state index contributed by atoms with van der Waals surface area (Å²) in [6.07, 6.45) is 5.69. The summed E-state index contributed by atoms with van der Waals surface area (Å²) in [4.78, 5) is 2.11. The molecule has 1 fully saturated rings. The van der Waals surface area contributed by atoms with Crippen molar-refractivity contribution in [2.75, 3.05) is 14.1 Å². The molecule has 2 rings (SSSR count). The summed E-state index contributed by atoms with van der Waals surface area (Å²) < 4.78 is 14.5. The third-order valence-electron chi connectivity index (χ3n) is 5.12. The zero-order valence-corrected chi connectivity index (χ0v) is 13.7. The minimum atomic E-state index is -0.772. The van der Waals surface area contributed by atoms with Crippen molar-refractivity contribution in [2.45, 2.75) is 64.0 Å². The molecular formula is C18H28FNO. The van der Waals surface area contributed by atoms with Crippen LogP contribution in [0.4, 0.5) is 4.39 Å². The zero-order chi connectivity index (χ0) is 15.6. The van der Waals surface area contributed by atoms with Gasteiger partial charge in [-0.25, -0.2) is 4.39 Å². The van der Waals surface area contributed by atoms with Gasteiger partial charge in [-0.05, 0) is 58.0 Å². The Morgan fingerprint density at radius 2 is 1.67 bits per heavy atom. The lowest BCUT2D eigenvalue weighted by atomic mass is 9.78. The normalized spacial score (nSPS) is 20.3. The number of aliphatic hydroxyl groups excluding tert-OH is 1. The zero-order valence-electron chi connectivity index (χ0n) is 13.7. The number of nitrogens with zero attached hydrogens (tertiary/aromatic N) is 1. The number of rotatable bonds is 3. The van der Waals surface area contributed by atoms with Gasteiger partial charge >= 0.3 is 0 Å². The Morgan fingerprint density at radius 1 is 1.10 bits per heavy atom. The van der Waals surface area contributed by atoms with Crippen molar-refractivity contribution >= 4 is 0 Å². The second-order valence-corrected chi connectivity index (χ2v) is 6.79. The number of aryl methyl sites for hydroxylation is 2. The van der Waals surface area contributed by atoms with Crippen molar-refractivity contribution in [3.05, 3.63) is 34.6 Å². The largest absolute Gasteiger partial charge is 0.386 e. The highest BCUT2D eigenvalue weighted by Crippen LogP contribution is 2.42. The third-order valence-corrected chi connectivity index (χ3v) is 5.12. The van der Waals surface area contributed by atoms with E-state index in [1.807, 2.05) is 34.0 Å². The van der Waals surface area contributed by atoms with E-state index in [9.17, 15) is 9.50 Å². The second kappa shape index (κ2) is 6.45. The van der Waals surface area contributed by atoms with Gasteiger partial charge in [-0.15, -0.1) is 0 Å². The van der Waals surface area contributed by atoms with Crippen LogP contribution in [0.25, 0.3) is 0 Å². The Bertz CT molecular complexity index is 467. The van der Waals surface area contributed by atoms with E-state index in [4.69, 9.17) is 0 Å². The molecule has 2 nitrogen and oxygen atoms in total. The van der Waals surface area contributed by atoms with Gasteiger partial charge in [-0.2, -0.15) is 0 Å². The van der Waals surface area contributed by atoms with Crippen molar-refractivity contribution in [2.24, 2.45) is 0 Å². The third kappa shape index (κ3) is 3.14. The lowest BCUT2D eigenvalue weighted by Gasteiger charge is -2.44. The first kappa shape index (κ1) is 16.4. The first-order valence-corrected chi connectivity index (χ1v) is 8.00.